The minimum absolute atomic E-state index is 0. The van der Waals surface area contributed by atoms with E-state index in [1.165, 1.54) is 0 Å². The largest absolute Gasteiger partial charge is 1.00 e. The monoisotopic (exact) mass is 363 g/mol. The van der Waals surface area contributed by atoms with Gasteiger partial charge in [-0.3, -0.25) is 0 Å². The van der Waals surface area contributed by atoms with Crippen LogP contribution in [-0.2, 0) is 11.3 Å². The van der Waals surface area contributed by atoms with Crippen molar-refractivity contribution in [1.29, 1.82) is 0 Å². The number of ether oxygens (including phenoxy) is 2. The minimum Gasteiger partial charge on any atom is -0.550 e. The van der Waals surface area contributed by atoms with Crippen LogP contribution in [0, 0.1) is 5.92 Å². The Labute approximate surface area is 170 Å². The van der Waals surface area contributed by atoms with E-state index in [2.05, 4.69) is 5.32 Å². The molecular formula is C17H23ClNNaO4. The standard InChI is InChI=1S/C17H24ClNO4.Na/c1-22-14-8-7-12(16(18)17(14)23-2)10-19-13-6-4-3-5-11(13)9-15(20)21;/h7-8,11,13,19H,3-6,9-10H2,1-2H3,(H,20,21);/q;+1/p-1/t11-,13-;/m1./s1. The molecule has 5 nitrogen and oxygen atoms in total. The third-order valence-corrected chi connectivity index (χ3v) is 4.87. The van der Waals surface area contributed by atoms with E-state index in [0.29, 0.717) is 23.1 Å². The number of benzene rings is 1. The molecule has 0 heterocycles. The SMILES string of the molecule is COc1ccc(CN[C@@H]2CCCC[C@@H]2CC(=O)[O-])c(Cl)c1OC.[Na+]. The number of carboxylic acid groups (broad SMARTS) is 1. The molecule has 1 aromatic rings. The summed E-state index contributed by atoms with van der Waals surface area (Å²) in [4.78, 5) is 10.9. The average molecular weight is 364 g/mol. The second-order valence-electron chi connectivity index (χ2n) is 5.88. The Morgan fingerprint density at radius 2 is 2.00 bits per heavy atom. The molecule has 0 bridgehead atoms. The number of nitrogens with one attached hydrogen (secondary N) is 1. The van der Waals surface area contributed by atoms with E-state index >= 15 is 0 Å². The second kappa shape index (κ2) is 10.5. The fraction of sp³-hybridized carbons (Fsp3) is 0.588. The number of carbonyl (C=O) groups excluding carboxylic acids is 1. The molecule has 0 amide bonds. The van der Waals surface area contributed by atoms with Crippen LogP contribution in [0.5, 0.6) is 11.5 Å². The van der Waals surface area contributed by atoms with Crippen LogP contribution in [0.1, 0.15) is 37.7 Å². The van der Waals surface area contributed by atoms with Crippen molar-refractivity contribution < 1.29 is 48.9 Å². The van der Waals surface area contributed by atoms with Gasteiger partial charge in [0, 0.05) is 18.6 Å². The minimum atomic E-state index is -0.979. The van der Waals surface area contributed by atoms with Gasteiger partial charge >= 0.3 is 29.6 Å². The molecule has 0 aliphatic heterocycles. The summed E-state index contributed by atoms with van der Waals surface area (Å²) in [5, 5.41) is 14.9. The Bertz CT molecular complexity index is 556. The predicted molar refractivity (Wildman–Crippen MR) is 86.8 cm³/mol. The van der Waals surface area contributed by atoms with Crippen LogP contribution in [0.3, 0.4) is 0 Å². The zero-order chi connectivity index (χ0) is 16.8. The smallest absolute Gasteiger partial charge is 0.550 e. The first kappa shape index (κ1) is 21.6. The van der Waals surface area contributed by atoms with Gasteiger partial charge in [0.1, 0.15) is 0 Å². The molecule has 2 rings (SSSR count). The second-order valence-corrected chi connectivity index (χ2v) is 6.26. The first-order valence-corrected chi connectivity index (χ1v) is 8.27. The van der Waals surface area contributed by atoms with Crippen LogP contribution in [0.4, 0.5) is 0 Å². The van der Waals surface area contributed by atoms with Crippen LogP contribution in [0.15, 0.2) is 12.1 Å². The Morgan fingerprint density at radius 3 is 2.62 bits per heavy atom. The normalized spacial score (nSPS) is 20.1. The molecular weight excluding hydrogens is 341 g/mol. The van der Waals surface area contributed by atoms with Crippen molar-refractivity contribution in [2.24, 2.45) is 5.92 Å². The maximum absolute atomic E-state index is 10.9. The first-order valence-electron chi connectivity index (χ1n) is 7.89. The van der Waals surface area contributed by atoms with E-state index in [1.807, 2.05) is 12.1 Å². The molecule has 0 aromatic heterocycles. The zero-order valence-corrected chi connectivity index (χ0v) is 17.3. The van der Waals surface area contributed by atoms with Gasteiger partial charge in [0.2, 0.25) is 0 Å². The number of carboxylic acids is 1. The van der Waals surface area contributed by atoms with Crippen LogP contribution >= 0.6 is 11.6 Å². The van der Waals surface area contributed by atoms with Gasteiger partial charge in [-0.15, -0.1) is 0 Å². The van der Waals surface area contributed by atoms with Crippen molar-refractivity contribution in [2.75, 3.05) is 14.2 Å². The van der Waals surface area contributed by atoms with Crippen LogP contribution in [0.25, 0.3) is 0 Å². The molecule has 1 fully saturated rings. The van der Waals surface area contributed by atoms with Gasteiger partial charge in [-0.25, -0.2) is 0 Å². The summed E-state index contributed by atoms with van der Waals surface area (Å²) in [6, 6.07) is 3.89. The number of hydrogen-bond acceptors (Lipinski definition) is 5. The van der Waals surface area contributed by atoms with E-state index in [-0.39, 0.29) is 47.9 Å². The van der Waals surface area contributed by atoms with Gasteiger partial charge in [0.15, 0.2) is 11.5 Å². The van der Waals surface area contributed by atoms with Crippen LogP contribution < -0.4 is 49.5 Å². The molecule has 1 N–H and O–H groups in total. The molecule has 1 aliphatic rings. The number of aliphatic carboxylic acids is 1. The van der Waals surface area contributed by atoms with Crippen molar-refractivity contribution in [1.82, 2.24) is 5.32 Å². The van der Waals surface area contributed by atoms with E-state index in [9.17, 15) is 9.90 Å². The molecule has 0 radical (unpaired) electrons. The molecule has 1 aromatic carbocycles. The molecule has 1 saturated carbocycles. The molecule has 2 atom stereocenters. The first-order chi connectivity index (χ1) is 11.1. The third kappa shape index (κ3) is 5.53. The van der Waals surface area contributed by atoms with Gasteiger partial charge in [0.05, 0.1) is 19.2 Å². The van der Waals surface area contributed by atoms with Crippen molar-refractivity contribution >= 4 is 17.6 Å². The molecule has 0 spiro atoms. The molecule has 0 unspecified atom stereocenters. The van der Waals surface area contributed by atoms with Gasteiger partial charge < -0.3 is 24.7 Å². The zero-order valence-electron chi connectivity index (χ0n) is 14.6. The maximum atomic E-state index is 10.9. The summed E-state index contributed by atoms with van der Waals surface area (Å²) in [5.41, 5.74) is 0.905. The van der Waals surface area contributed by atoms with Crippen molar-refractivity contribution in [3.8, 4) is 11.5 Å². The summed E-state index contributed by atoms with van der Waals surface area (Å²) >= 11 is 6.38. The number of rotatable bonds is 7. The van der Waals surface area contributed by atoms with Gasteiger partial charge in [-0.1, -0.05) is 30.5 Å². The summed E-state index contributed by atoms with van der Waals surface area (Å²) in [6.07, 6.45) is 4.19. The summed E-state index contributed by atoms with van der Waals surface area (Å²) in [6.45, 7) is 0.563. The number of methoxy groups -OCH3 is 2. The number of carbonyl (C=O) groups is 1. The molecule has 1 aliphatic carbocycles. The summed E-state index contributed by atoms with van der Waals surface area (Å²) < 4.78 is 10.5. The van der Waals surface area contributed by atoms with Gasteiger partial charge in [0.25, 0.3) is 0 Å². The van der Waals surface area contributed by atoms with Gasteiger partial charge in [-0.05, 0) is 36.8 Å². The van der Waals surface area contributed by atoms with Crippen molar-refractivity contribution in [3.63, 3.8) is 0 Å². The van der Waals surface area contributed by atoms with Crippen LogP contribution in [-0.4, -0.2) is 26.2 Å². The Hall–Kier alpha value is -0.460. The van der Waals surface area contributed by atoms with E-state index < -0.39 is 5.97 Å². The van der Waals surface area contributed by atoms with Gasteiger partial charge in [-0.2, -0.15) is 0 Å². The third-order valence-electron chi connectivity index (χ3n) is 4.46. The fourth-order valence-electron chi connectivity index (χ4n) is 3.24. The van der Waals surface area contributed by atoms with Crippen molar-refractivity contribution in [2.45, 2.75) is 44.7 Å². The molecule has 7 heteroatoms. The predicted octanol–water partition coefficient (Wildman–Crippen LogP) is -0.850. The summed E-state index contributed by atoms with van der Waals surface area (Å²) in [7, 11) is 3.12. The Morgan fingerprint density at radius 1 is 1.29 bits per heavy atom. The average Bonchev–Trinajstić information content (AvgIpc) is 2.54. The number of halogens is 1. The van der Waals surface area contributed by atoms with E-state index in [4.69, 9.17) is 21.1 Å². The van der Waals surface area contributed by atoms with E-state index in [0.717, 1.165) is 31.2 Å². The van der Waals surface area contributed by atoms with E-state index in [1.54, 1.807) is 14.2 Å². The van der Waals surface area contributed by atoms with Crippen molar-refractivity contribution in [3.05, 3.63) is 22.7 Å². The quantitative estimate of drug-likeness (QED) is 0.639. The molecule has 24 heavy (non-hydrogen) atoms. The molecule has 128 valence electrons. The number of hydrogen-bond donors (Lipinski definition) is 1. The fourth-order valence-corrected chi connectivity index (χ4v) is 3.54. The Kier molecular flexibility index (Phi) is 9.45. The summed E-state index contributed by atoms with van der Waals surface area (Å²) in [5.74, 6) is 0.248. The topological polar surface area (TPSA) is 70.6 Å². The maximum Gasteiger partial charge on any atom is 1.00 e. The molecule has 0 saturated heterocycles. The van der Waals surface area contributed by atoms with Crippen LogP contribution in [0.2, 0.25) is 5.02 Å². The Balaban J connectivity index is 0.00000288.